The molecule has 78 heavy (non-hydrogen) atoms. The molecule has 0 spiro atoms. The summed E-state index contributed by atoms with van der Waals surface area (Å²) in [6, 6.07) is 7.70. The smallest absolute Gasteiger partial charge is 0.387 e. The minimum Gasteiger partial charge on any atom is -0.454 e. The summed E-state index contributed by atoms with van der Waals surface area (Å²) in [5.41, 5.74) is -2.59. The first-order chi connectivity index (χ1) is 37.7. The van der Waals surface area contributed by atoms with Crippen LogP contribution in [0, 0.1) is 23.7 Å². The van der Waals surface area contributed by atoms with Gasteiger partial charge in [-0.3, -0.25) is 38.4 Å². The number of Topliss-reactive ketones (excluding diaryl/α,β-unsaturated/α-hetero) is 4. The highest BCUT2D eigenvalue weighted by atomic mass is 17.2. The van der Waals surface area contributed by atoms with E-state index in [-0.39, 0.29) is 48.6 Å². The quantitative estimate of drug-likeness (QED) is 0.0152. The van der Waals surface area contributed by atoms with Crippen LogP contribution in [-0.4, -0.2) is 83.4 Å². The number of hydrogen-bond donors (Lipinski definition) is 0. The van der Waals surface area contributed by atoms with E-state index in [1.165, 1.54) is 36.4 Å². The number of esters is 4. The molecular formula is C62H82O16. The summed E-state index contributed by atoms with van der Waals surface area (Å²) < 4.78 is 23.4. The first-order valence-electron chi connectivity index (χ1n) is 29.4. The van der Waals surface area contributed by atoms with E-state index in [1.54, 1.807) is 0 Å². The summed E-state index contributed by atoms with van der Waals surface area (Å²) in [6.07, 6.45) is 11.6. The fourth-order valence-corrected chi connectivity index (χ4v) is 9.44. The van der Waals surface area contributed by atoms with Gasteiger partial charge in [-0.15, -0.1) is 0 Å². The fourth-order valence-electron chi connectivity index (χ4n) is 9.44. The van der Waals surface area contributed by atoms with Crippen molar-refractivity contribution in [2.75, 3.05) is 0 Å². The summed E-state index contributed by atoms with van der Waals surface area (Å²) in [6.45, 7) is 8.10. The molecule has 0 N–H and O–H groups in total. The van der Waals surface area contributed by atoms with Crippen LogP contribution in [0.5, 0.6) is 0 Å². The second-order valence-corrected chi connectivity index (χ2v) is 21.9. The van der Waals surface area contributed by atoms with Crippen LogP contribution in [-0.2, 0) is 47.9 Å². The SMILES string of the molecule is CCCCCCC(OC(=O)C1CC1)C(=O)c1cccc(C(=O)OOC(=O)c2cccc(C(=O)C(CCCCCC)OC(=O)C3CC3)c2C(=O)C(CCCCCC)OC(=O)C2CC2)c1C(=O)C(CCCCCC)OC(=O)C1CC1. The largest absolute Gasteiger partial charge is 0.454 e. The molecule has 4 saturated carbocycles. The van der Waals surface area contributed by atoms with E-state index >= 15 is 9.59 Å². The van der Waals surface area contributed by atoms with Crippen LogP contribution in [0.25, 0.3) is 0 Å². The lowest BCUT2D eigenvalue weighted by molar-refractivity contribution is -0.187. The highest BCUT2D eigenvalue weighted by Gasteiger charge is 2.42. The van der Waals surface area contributed by atoms with Crippen LogP contribution in [0.15, 0.2) is 36.4 Å². The number of benzene rings is 2. The summed E-state index contributed by atoms with van der Waals surface area (Å²) >= 11 is 0. The first kappa shape index (κ1) is 61.2. The highest BCUT2D eigenvalue weighted by molar-refractivity contribution is 6.18. The highest BCUT2D eigenvalue weighted by Crippen LogP contribution is 2.36. The third-order valence-corrected chi connectivity index (χ3v) is 14.9. The van der Waals surface area contributed by atoms with E-state index in [0.717, 1.165) is 64.2 Å². The molecule has 4 fully saturated rings. The van der Waals surface area contributed by atoms with Gasteiger partial charge in [0, 0.05) is 22.3 Å². The zero-order valence-corrected chi connectivity index (χ0v) is 46.4. The molecule has 2 aromatic carbocycles. The standard InChI is InChI=1S/C62H82O16/c1-5-9-13-17-27-47(73-57(67)39-31-32-39)53(63)43-23-21-25-45(51(43)55(65)49(29-19-15-11-7-3)75-59(69)41-35-36-41)61(71)77-78-62(72)46-26-22-24-44(54(64)48(28-18-14-10-6-2)74-58(68)40-33-34-40)52(46)56(66)50(30-20-16-12-8-4)76-60(70)42-37-38-42/h21-26,39-42,47-50H,5-20,27-38H2,1-4H3. The molecular weight excluding hydrogens is 1000 g/mol. The van der Waals surface area contributed by atoms with Crippen LogP contribution in [0.1, 0.15) is 270 Å². The lowest BCUT2D eigenvalue weighted by Gasteiger charge is -2.23. The second kappa shape index (κ2) is 30.9. The van der Waals surface area contributed by atoms with Crippen molar-refractivity contribution in [3.05, 3.63) is 69.8 Å². The van der Waals surface area contributed by atoms with Gasteiger partial charge in [0.2, 0.25) is 23.1 Å². The molecule has 4 unspecified atom stereocenters. The molecule has 426 valence electrons. The summed E-state index contributed by atoms with van der Waals surface area (Å²) in [4.78, 5) is 152. The van der Waals surface area contributed by atoms with Crippen molar-refractivity contribution in [1.82, 2.24) is 0 Å². The van der Waals surface area contributed by atoms with Crippen molar-refractivity contribution >= 4 is 58.9 Å². The Morgan fingerprint density at radius 1 is 0.346 bits per heavy atom. The number of rotatable bonds is 38. The molecule has 0 aliphatic heterocycles. The molecule has 0 heterocycles. The van der Waals surface area contributed by atoms with Gasteiger partial charge in [-0.2, -0.15) is 0 Å². The van der Waals surface area contributed by atoms with Crippen molar-refractivity contribution in [2.45, 2.75) is 232 Å². The van der Waals surface area contributed by atoms with Gasteiger partial charge in [-0.05, 0) is 115 Å². The maximum atomic E-state index is 15.0. The molecule has 4 aliphatic rings. The summed E-state index contributed by atoms with van der Waals surface area (Å²) in [7, 11) is 0. The number of carbonyl (C=O) groups excluding carboxylic acids is 10. The van der Waals surface area contributed by atoms with Crippen molar-refractivity contribution in [1.29, 1.82) is 0 Å². The molecule has 6 rings (SSSR count). The van der Waals surface area contributed by atoms with Crippen LogP contribution in [0.2, 0.25) is 0 Å². The molecule has 4 aliphatic carbocycles. The fraction of sp³-hybridized carbons (Fsp3) is 0.645. The number of unbranched alkanes of at least 4 members (excludes halogenated alkanes) is 12. The number of ketones is 4. The van der Waals surface area contributed by atoms with Gasteiger partial charge in [0.25, 0.3) is 0 Å². The molecule has 0 amide bonds. The van der Waals surface area contributed by atoms with Crippen molar-refractivity contribution < 1.29 is 76.7 Å². The Morgan fingerprint density at radius 2 is 0.590 bits per heavy atom. The van der Waals surface area contributed by atoms with Crippen LogP contribution >= 0.6 is 0 Å². The van der Waals surface area contributed by atoms with Gasteiger partial charge in [0.15, 0.2) is 24.4 Å². The Labute approximate surface area is 459 Å². The van der Waals surface area contributed by atoms with E-state index in [4.69, 9.17) is 28.7 Å². The van der Waals surface area contributed by atoms with Gasteiger partial charge in [0.1, 0.15) is 0 Å². The van der Waals surface area contributed by atoms with E-state index < -0.39 is 117 Å². The third-order valence-electron chi connectivity index (χ3n) is 14.9. The Balaban J connectivity index is 1.38. The Morgan fingerprint density at radius 3 is 0.833 bits per heavy atom. The summed E-state index contributed by atoms with van der Waals surface area (Å²) in [5.74, 6) is -9.84. The van der Waals surface area contributed by atoms with Crippen molar-refractivity contribution in [3.8, 4) is 0 Å². The summed E-state index contributed by atoms with van der Waals surface area (Å²) in [5, 5.41) is 0. The van der Waals surface area contributed by atoms with Crippen molar-refractivity contribution in [2.24, 2.45) is 23.7 Å². The third kappa shape index (κ3) is 18.3. The Kier molecular flexibility index (Phi) is 24.2. The number of ether oxygens (including phenoxy) is 4. The van der Waals surface area contributed by atoms with Crippen LogP contribution in [0.4, 0.5) is 0 Å². The lowest BCUT2D eigenvalue weighted by atomic mass is 9.88. The molecule has 0 radical (unpaired) electrons. The normalized spacial score (nSPS) is 16.4. The van der Waals surface area contributed by atoms with Gasteiger partial charge >= 0.3 is 35.8 Å². The number of carbonyl (C=O) groups is 10. The van der Waals surface area contributed by atoms with Crippen LogP contribution < -0.4 is 0 Å². The van der Waals surface area contributed by atoms with E-state index in [2.05, 4.69) is 0 Å². The zero-order chi connectivity index (χ0) is 56.1. The Bertz CT molecular complexity index is 2270. The maximum Gasteiger partial charge on any atom is 0.387 e. The Hall–Kier alpha value is -6.06. The molecule has 16 heteroatoms. The predicted molar refractivity (Wildman–Crippen MR) is 286 cm³/mol. The van der Waals surface area contributed by atoms with E-state index in [1.807, 2.05) is 27.7 Å². The minimum absolute atomic E-state index is 0.0706. The topological polar surface area (TPSA) is 226 Å². The molecule has 0 aromatic heterocycles. The van der Waals surface area contributed by atoms with Crippen LogP contribution in [0.3, 0.4) is 0 Å². The lowest BCUT2D eigenvalue weighted by Crippen LogP contribution is -2.34. The van der Waals surface area contributed by atoms with E-state index in [9.17, 15) is 38.4 Å². The molecule has 0 bridgehead atoms. The molecule has 0 saturated heterocycles. The van der Waals surface area contributed by atoms with Crippen molar-refractivity contribution in [3.63, 3.8) is 0 Å². The monoisotopic (exact) mass is 1080 g/mol. The van der Waals surface area contributed by atoms with Gasteiger partial charge in [-0.1, -0.05) is 129 Å². The van der Waals surface area contributed by atoms with E-state index in [0.29, 0.717) is 89.9 Å². The predicted octanol–water partition coefficient (Wildman–Crippen LogP) is 12.5. The van der Waals surface area contributed by atoms with Gasteiger partial charge < -0.3 is 18.9 Å². The first-order valence-corrected chi connectivity index (χ1v) is 29.4. The maximum absolute atomic E-state index is 15.0. The van der Waals surface area contributed by atoms with Gasteiger partial charge in [0.05, 0.1) is 34.8 Å². The second-order valence-electron chi connectivity index (χ2n) is 21.9. The average Bonchev–Trinajstić information content (AvgIpc) is 4.25. The molecule has 2 aromatic rings. The van der Waals surface area contributed by atoms with Gasteiger partial charge in [-0.25, -0.2) is 19.4 Å². The zero-order valence-electron chi connectivity index (χ0n) is 46.4. The average molecular weight is 1080 g/mol. The number of hydrogen-bond acceptors (Lipinski definition) is 16. The molecule has 16 nitrogen and oxygen atoms in total. The minimum atomic E-state index is -1.42. The molecule has 4 atom stereocenters.